The normalized spacial score (nSPS) is 14.5. The highest BCUT2D eigenvalue weighted by atomic mass is 35.5. The highest BCUT2D eigenvalue weighted by Gasteiger charge is 2.33. The molecule has 3 aliphatic heterocycles. The van der Waals surface area contributed by atoms with E-state index in [1.54, 1.807) is 12.1 Å². The quantitative estimate of drug-likeness (QED) is 0.169. The Labute approximate surface area is 413 Å². The van der Waals surface area contributed by atoms with Crippen LogP contribution in [0.25, 0.3) is 44.5 Å². The first-order valence-corrected chi connectivity index (χ1v) is 24.4. The van der Waals surface area contributed by atoms with Gasteiger partial charge >= 0.3 is 5.97 Å². The van der Waals surface area contributed by atoms with E-state index in [0.717, 1.165) is 77.1 Å². The van der Waals surface area contributed by atoms with Gasteiger partial charge in [-0.05, 0) is 109 Å². The minimum absolute atomic E-state index is 0.0261. The summed E-state index contributed by atoms with van der Waals surface area (Å²) in [6, 6.07) is 50.0. The molecule has 0 saturated carbocycles. The molecule has 6 nitrogen and oxygen atoms in total. The lowest BCUT2D eigenvalue weighted by atomic mass is 9.83. The van der Waals surface area contributed by atoms with Crippen LogP contribution in [0.4, 0.5) is 0 Å². The molecule has 7 heteroatoms. The number of ether oxygens (including phenoxy) is 1. The number of aromatic amines is 2. The number of hydrogen-bond acceptors (Lipinski definition) is 4. The van der Waals surface area contributed by atoms with E-state index in [2.05, 4.69) is 175 Å². The summed E-state index contributed by atoms with van der Waals surface area (Å²) in [4.78, 5) is 33.4. The number of carbonyl (C=O) groups is 1. The summed E-state index contributed by atoms with van der Waals surface area (Å²) in [6.45, 7) is 20.1. The number of aromatic nitrogens is 2. The van der Waals surface area contributed by atoms with Crippen LogP contribution in [-0.2, 0) is 21.0 Å². The molecule has 8 bridgehead atoms. The van der Waals surface area contributed by atoms with Gasteiger partial charge in [0.15, 0.2) is 5.76 Å². The van der Waals surface area contributed by atoms with Crippen LogP contribution < -0.4 is 10.7 Å². The van der Waals surface area contributed by atoms with Crippen molar-refractivity contribution >= 4 is 56.7 Å². The van der Waals surface area contributed by atoms with Gasteiger partial charge in [0, 0.05) is 32.6 Å². The second kappa shape index (κ2) is 16.6. The molecule has 2 aromatic heterocycles. The molecule has 8 aromatic rings. The molecule has 0 saturated heterocycles. The molecule has 3 aliphatic rings. The van der Waals surface area contributed by atoms with E-state index in [1.807, 2.05) is 42.5 Å². The summed E-state index contributed by atoms with van der Waals surface area (Å²) in [5, 5.41) is 5.83. The van der Waals surface area contributed by atoms with E-state index < -0.39 is 5.97 Å². The number of fused-ring (bicyclic) bond motifs is 9. The minimum Gasteiger partial charge on any atom is -0.420 e. The van der Waals surface area contributed by atoms with Gasteiger partial charge in [-0.1, -0.05) is 183 Å². The smallest absolute Gasteiger partial charge is 0.343 e. The van der Waals surface area contributed by atoms with Crippen molar-refractivity contribution in [3.8, 4) is 11.1 Å². The fraction of sp³-hybridized carbons (Fsp3) is 0.190. The number of halogens is 1. The Morgan fingerprint density at radius 1 is 0.543 bits per heavy atom. The van der Waals surface area contributed by atoms with Crippen molar-refractivity contribution < 1.29 is 9.53 Å². The fourth-order valence-electron chi connectivity index (χ4n) is 9.94. The topological polar surface area (TPSA) is 82.6 Å². The summed E-state index contributed by atoms with van der Waals surface area (Å²) >= 11 is 7.51. The molecular formula is C63H55ClN4O2. The second-order valence-corrected chi connectivity index (χ2v) is 22.1. The van der Waals surface area contributed by atoms with Crippen LogP contribution in [-0.4, -0.2) is 21.6 Å². The van der Waals surface area contributed by atoms with Crippen molar-refractivity contribution in [2.24, 2.45) is 9.98 Å². The highest BCUT2D eigenvalue weighted by molar-refractivity contribution is 6.33. The first-order chi connectivity index (χ1) is 33.4. The van der Waals surface area contributed by atoms with Crippen LogP contribution in [0.15, 0.2) is 173 Å². The molecule has 0 aliphatic carbocycles. The number of esters is 1. The zero-order valence-corrected chi connectivity index (χ0v) is 41.9. The molecule has 11 rings (SSSR count). The largest absolute Gasteiger partial charge is 0.420 e. The average Bonchev–Trinajstić information content (AvgIpc) is 4.16. The average molecular weight is 936 g/mol. The summed E-state index contributed by atoms with van der Waals surface area (Å²) in [6.07, 6.45) is 4.19. The number of benzene rings is 6. The Kier molecular flexibility index (Phi) is 10.6. The number of rotatable bonds is 5. The van der Waals surface area contributed by atoms with Gasteiger partial charge in [0.05, 0.1) is 44.3 Å². The van der Waals surface area contributed by atoms with Crippen molar-refractivity contribution in [3.05, 3.63) is 240 Å². The van der Waals surface area contributed by atoms with Crippen LogP contribution in [0.3, 0.4) is 0 Å². The zero-order chi connectivity index (χ0) is 48.9. The Hall–Kier alpha value is -7.54. The lowest BCUT2D eigenvalue weighted by Crippen LogP contribution is -2.17. The zero-order valence-electron chi connectivity index (χ0n) is 41.1. The molecule has 5 heterocycles. The molecule has 0 fully saturated rings. The number of aliphatic imine (C=N–C) groups is 1. The van der Waals surface area contributed by atoms with Gasteiger partial charge in [-0.15, -0.1) is 0 Å². The van der Waals surface area contributed by atoms with E-state index in [0.29, 0.717) is 38.8 Å². The Morgan fingerprint density at radius 2 is 1.13 bits per heavy atom. The van der Waals surface area contributed by atoms with Crippen LogP contribution in [0.1, 0.15) is 117 Å². The van der Waals surface area contributed by atoms with Crippen LogP contribution in [0, 0.1) is 10.6 Å². The van der Waals surface area contributed by atoms with Crippen LogP contribution >= 0.6 is 11.6 Å². The highest BCUT2D eigenvalue weighted by Crippen LogP contribution is 2.44. The van der Waals surface area contributed by atoms with E-state index in [1.165, 1.54) is 16.7 Å². The summed E-state index contributed by atoms with van der Waals surface area (Å²) < 4.78 is 6.78. The maximum atomic E-state index is 14.6. The Bertz CT molecular complexity index is 3830. The molecule has 346 valence electrons. The molecule has 0 atom stereocenters. The summed E-state index contributed by atoms with van der Waals surface area (Å²) in [7, 11) is 0. The van der Waals surface area contributed by atoms with Gasteiger partial charge in [0.25, 0.3) is 0 Å². The maximum Gasteiger partial charge on any atom is 0.343 e. The fourth-order valence-corrected chi connectivity index (χ4v) is 10.2. The van der Waals surface area contributed by atoms with E-state index in [4.69, 9.17) is 26.3 Å². The predicted molar refractivity (Wildman–Crippen MR) is 287 cm³/mol. The third kappa shape index (κ3) is 7.81. The lowest BCUT2D eigenvalue weighted by molar-refractivity contribution is 0.0693. The molecule has 70 heavy (non-hydrogen) atoms. The Balaban J connectivity index is 1.33. The second-order valence-electron chi connectivity index (χ2n) is 21.7. The first kappa shape index (κ1) is 44.9. The van der Waals surface area contributed by atoms with Crippen molar-refractivity contribution in [2.45, 2.75) is 78.6 Å². The van der Waals surface area contributed by atoms with Crippen molar-refractivity contribution in [2.75, 3.05) is 0 Å². The maximum absolute atomic E-state index is 14.6. The number of H-pyrrole nitrogens is 2. The molecule has 0 amide bonds. The molecule has 2 N–H and O–H groups in total. The monoisotopic (exact) mass is 934 g/mol. The summed E-state index contributed by atoms with van der Waals surface area (Å²) in [5.41, 5.74) is 13.5. The van der Waals surface area contributed by atoms with Crippen molar-refractivity contribution in [3.63, 3.8) is 0 Å². The standard InChI is InChI=1S/C63H55ClN4O2/c1-61(2,3)40-24-20-37(21-25-40)52-46-30-32-48(65-46)53(38-22-26-41(27-23-38)62(4,5)6)56-45(64)35-50(67-56)57-59(70-60(69)39-18-14-11-15-19-39)55-51(36-16-12-10-13-17-36)44-34-42(63(7,8)9)28-29-43(44)54(58(55)68-57)49-33-31-47(52)66-49/h10-35,66-67H,1-9H3. The third-order valence-electron chi connectivity index (χ3n) is 13.8. The number of nitrogens with zero attached hydrogens (tertiary/aromatic N) is 2. The number of allylic oxidation sites excluding steroid dienone is 2. The SMILES string of the molecule is CC(C)(C)c1ccc(C2=C3C=CC(=N3)C(c3ccc(C(C)(C)C)cc3)=c3ccc([nH]3)=c3c4c(c(-c5ccccc5)c5cc(C(C)(C)C)ccc35)C(OC(=O)c3ccccc3)=C(N=4)c3cc(Cl)c2[nH]3)cc1. The Morgan fingerprint density at radius 3 is 1.76 bits per heavy atom. The van der Waals surface area contributed by atoms with E-state index in [-0.39, 0.29) is 16.2 Å². The van der Waals surface area contributed by atoms with Crippen LogP contribution in [0.2, 0.25) is 5.02 Å². The van der Waals surface area contributed by atoms with Crippen molar-refractivity contribution in [1.29, 1.82) is 0 Å². The van der Waals surface area contributed by atoms with Gasteiger partial charge in [-0.2, -0.15) is 0 Å². The third-order valence-corrected chi connectivity index (χ3v) is 14.1. The number of carbonyl (C=O) groups excluding carboxylic acids is 1. The van der Waals surface area contributed by atoms with Gasteiger partial charge < -0.3 is 14.7 Å². The van der Waals surface area contributed by atoms with Crippen LogP contribution in [0.5, 0.6) is 0 Å². The number of hydrogen-bond donors (Lipinski definition) is 2. The van der Waals surface area contributed by atoms with E-state index >= 15 is 0 Å². The molecule has 0 spiro atoms. The van der Waals surface area contributed by atoms with Gasteiger partial charge in [-0.3, -0.25) is 0 Å². The van der Waals surface area contributed by atoms with Gasteiger partial charge in [0.2, 0.25) is 0 Å². The molecule has 6 aromatic carbocycles. The van der Waals surface area contributed by atoms with Gasteiger partial charge in [0.1, 0.15) is 5.70 Å². The molecular weight excluding hydrogens is 880 g/mol. The van der Waals surface area contributed by atoms with E-state index in [9.17, 15) is 4.79 Å². The number of nitrogens with one attached hydrogen (secondary N) is 2. The van der Waals surface area contributed by atoms with Gasteiger partial charge in [-0.25, -0.2) is 14.8 Å². The summed E-state index contributed by atoms with van der Waals surface area (Å²) in [5.74, 6) is -0.155. The predicted octanol–water partition coefficient (Wildman–Crippen LogP) is 14.3. The molecule has 0 radical (unpaired) electrons. The molecule has 0 unspecified atom stereocenters. The lowest BCUT2D eigenvalue weighted by Gasteiger charge is -2.21. The first-order valence-electron chi connectivity index (χ1n) is 24.0. The van der Waals surface area contributed by atoms with Crippen molar-refractivity contribution in [1.82, 2.24) is 9.97 Å². The minimum atomic E-state index is -0.494.